The van der Waals surface area contributed by atoms with Crippen LogP contribution in [0.1, 0.15) is 43.4 Å². The molecule has 3 aromatic rings. The second kappa shape index (κ2) is 7.40. The minimum Gasteiger partial charge on any atom is -0.294 e. The zero-order valence-corrected chi connectivity index (χ0v) is 16.6. The van der Waals surface area contributed by atoms with Gasteiger partial charge in [0.05, 0.1) is 5.69 Å². The molecule has 0 atom stereocenters. The molecular weight excluding hydrogens is 351 g/mol. The van der Waals surface area contributed by atoms with Crippen LogP contribution in [-0.4, -0.2) is 26.4 Å². The van der Waals surface area contributed by atoms with Gasteiger partial charge in [0.15, 0.2) is 0 Å². The van der Waals surface area contributed by atoms with Crippen molar-refractivity contribution in [1.82, 2.24) is 19.9 Å². The van der Waals surface area contributed by atoms with Crippen LogP contribution in [-0.2, 0) is 24.9 Å². The lowest BCUT2D eigenvalue weighted by atomic mass is 9.95. The van der Waals surface area contributed by atoms with Gasteiger partial charge in [-0.25, -0.2) is 14.4 Å². The number of pyridine rings is 1. The third-order valence-corrected chi connectivity index (χ3v) is 5.06. The summed E-state index contributed by atoms with van der Waals surface area (Å²) in [5.41, 5.74) is 4.66. The van der Waals surface area contributed by atoms with Crippen LogP contribution in [0, 0.1) is 5.82 Å². The molecule has 5 heteroatoms. The predicted molar refractivity (Wildman–Crippen MR) is 108 cm³/mol. The number of halogens is 1. The predicted octanol–water partition coefficient (Wildman–Crippen LogP) is 4.53. The third kappa shape index (κ3) is 3.94. The molecule has 0 saturated carbocycles. The van der Waals surface area contributed by atoms with Gasteiger partial charge in [-0.15, -0.1) is 0 Å². The number of hydrogen-bond acceptors (Lipinski definition) is 4. The molecule has 1 aromatic carbocycles. The Morgan fingerprint density at radius 3 is 2.57 bits per heavy atom. The zero-order chi connectivity index (χ0) is 19.7. The van der Waals surface area contributed by atoms with Gasteiger partial charge in [-0.3, -0.25) is 9.88 Å². The highest BCUT2D eigenvalue weighted by Gasteiger charge is 2.23. The van der Waals surface area contributed by atoms with Crippen molar-refractivity contribution >= 4 is 0 Å². The van der Waals surface area contributed by atoms with E-state index in [9.17, 15) is 4.39 Å². The van der Waals surface area contributed by atoms with Gasteiger partial charge in [0.25, 0.3) is 0 Å². The summed E-state index contributed by atoms with van der Waals surface area (Å²) in [7, 11) is 0. The van der Waals surface area contributed by atoms with Gasteiger partial charge in [0.1, 0.15) is 11.6 Å². The van der Waals surface area contributed by atoms with Gasteiger partial charge >= 0.3 is 0 Å². The molecule has 28 heavy (non-hydrogen) atoms. The summed E-state index contributed by atoms with van der Waals surface area (Å²) in [5, 5.41) is 0. The minimum atomic E-state index is -0.245. The molecule has 144 valence electrons. The van der Waals surface area contributed by atoms with Crippen LogP contribution in [0.3, 0.4) is 0 Å². The Balaban J connectivity index is 1.45. The van der Waals surface area contributed by atoms with Crippen LogP contribution in [0.4, 0.5) is 4.39 Å². The summed E-state index contributed by atoms with van der Waals surface area (Å²) in [4.78, 5) is 16.2. The molecule has 3 heterocycles. The Kier molecular flexibility index (Phi) is 4.94. The third-order valence-electron chi connectivity index (χ3n) is 5.06. The normalized spacial score (nSPS) is 14.7. The van der Waals surface area contributed by atoms with Crippen molar-refractivity contribution in [2.24, 2.45) is 0 Å². The number of benzene rings is 1. The van der Waals surface area contributed by atoms with Gasteiger partial charge in [0.2, 0.25) is 0 Å². The summed E-state index contributed by atoms with van der Waals surface area (Å²) in [6.07, 6.45) is 4.76. The lowest BCUT2D eigenvalue weighted by Crippen LogP contribution is -2.32. The molecule has 0 spiro atoms. The first-order valence-electron chi connectivity index (χ1n) is 9.67. The van der Waals surface area contributed by atoms with Crippen molar-refractivity contribution in [1.29, 1.82) is 0 Å². The molecule has 0 radical (unpaired) electrons. The number of fused-ring (bicyclic) bond motifs is 1. The molecule has 2 aromatic heterocycles. The zero-order valence-electron chi connectivity index (χ0n) is 16.6. The highest BCUT2D eigenvalue weighted by atomic mass is 19.1. The van der Waals surface area contributed by atoms with Crippen LogP contribution in [0.25, 0.3) is 11.3 Å². The average Bonchev–Trinajstić information content (AvgIpc) is 2.68. The monoisotopic (exact) mass is 376 g/mol. The summed E-state index contributed by atoms with van der Waals surface area (Å²) in [6, 6.07) is 10.7. The number of nitrogens with zero attached hydrogens (tertiary/aromatic N) is 4. The highest BCUT2D eigenvalue weighted by Crippen LogP contribution is 2.24. The van der Waals surface area contributed by atoms with Gasteiger partial charge in [-0.2, -0.15) is 0 Å². The van der Waals surface area contributed by atoms with Crippen molar-refractivity contribution in [2.45, 2.75) is 45.7 Å². The maximum absolute atomic E-state index is 13.9. The van der Waals surface area contributed by atoms with Crippen LogP contribution in [0.15, 0.2) is 48.8 Å². The standard InChI is InChI=1S/C23H25FN4/c1-23(2,3)22-26-13-17-15-28(11-10-20(17)27-22)14-16-8-9-21(25-12-16)18-6-4-5-7-19(18)24/h4-9,12-13H,10-11,14-15H2,1-3H3. The van der Waals surface area contributed by atoms with E-state index in [4.69, 9.17) is 4.98 Å². The molecule has 0 fully saturated rings. The van der Waals surface area contributed by atoms with Crippen molar-refractivity contribution in [3.05, 3.63) is 77.3 Å². The number of rotatable bonds is 3. The van der Waals surface area contributed by atoms with E-state index in [0.29, 0.717) is 11.3 Å². The van der Waals surface area contributed by atoms with E-state index in [-0.39, 0.29) is 11.2 Å². The second-order valence-corrected chi connectivity index (χ2v) is 8.41. The van der Waals surface area contributed by atoms with E-state index >= 15 is 0 Å². The molecule has 0 amide bonds. The molecule has 0 unspecified atom stereocenters. The Bertz CT molecular complexity index is 977. The van der Waals surface area contributed by atoms with E-state index in [1.807, 2.05) is 30.6 Å². The molecule has 4 nitrogen and oxygen atoms in total. The fourth-order valence-corrected chi connectivity index (χ4v) is 3.48. The Hall–Kier alpha value is -2.66. The SMILES string of the molecule is CC(C)(C)c1ncc2c(n1)CCN(Cc1ccc(-c3ccccc3F)nc1)C2. The summed E-state index contributed by atoms with van der Waals surface area (Å²) < 4.78 is 13.9. The van der Waals surface area contributed by atoms with Crippen molar-refractivity contribution in [3.8, 4) is 11.3 Å². The van der Waals surface area contributed by atoms with Gasteiger partial charge < -0.3 is 0 Å². The fourth-order valence-electron chi connectivity index (χ4n) is 3.48. The maximum atomic E-state index is 13.9. The molecule has 4 rings (SSSR count). The quantitative estimate of drug-likeness (QED) is 0.673. The molecule has 1 aliphatic rings. The van der Waals surface area contributed by atoms with Crippen molar-refractivity contribution in [3.63, 3.8) is 0 Å². The van der Waals surface area contributed by atoms with Crippen molar-refractivity contribution < 1.29 is 4.39 Å². The van der Waals surface area contributed by atoms with Gasteiger partial charge in [-0.05, 0) is 23.8 Å². The summed E-state index contributed by atoms with van der Waals surface area (Å²) in [5.74, 6) is 0.664. The van der Waals surface area contributed by atoms with E-state index in [0.717, 1.165) is 37.4 Å². The van der Waals surface area contributed by atoms with Crippen LogP contribution in [0.2, 0.25) is 0 Å². The number of hydrogen-bond donors (Lipinski definition) is 0. The lowest BCUT2D eigenvalue weighted by Gasteiger charge is -2.29. The van der Waals surface area contributed by atoms with Crippen LogP contribution < -0.4 is 0 Å². The summed E-state index contributed by atoms with van der Waals surface area (Å²) >= 11 is 0. The van der Waals surface area contributed by atoms with E-state index in [1.165, 1.54) is 17.3 Å². The minimum absolute atomic E-state index is 0.0300. The fraction of sp³-hybridized carbons (Fsp3) is 0.348. The Morgan fingerprint density at radius 1 is 1.04 bits per heavy atom. The summed E-state index contributed by atoms with van der Waals surface area (Å²) in [6.45, 7) is 9.04. The smallest absolute Gasteiger partial charge is 0.133 e. The van der Waals surface area contributed by atoms with Crippen molar-refractivity contribution in [2.75, 3.05) is 6.54 Å². The topological polar surface area (TPSA) is 41.9 Å². The van der Waals surface area contributed by atoms with Gasteiger partial charge in [0, 0.05) is 60.7 Å². The molecule has 1 aliphatic heterocycles. The van der Waals surface area contributed by atoms with Gasteiger partial charge in [-0.1, -0.05) is 39.0 Å². The molecule has 0 bridgehead atoms. The molecule has 0 N–H and O–H groups in total. The highest BCUT2D eigenvalue weighted by molar-refractivity contribution is 5.59. The van der Waals surface area contributed by atoms with E-state index in [2.05, 4.69) is 35.6 Å². The first kappa shape index (κ1) is 18.7. The van der Waals surface area contributed by atoms with E-state index in [1.54, 1.807) is 12.1 Å². The van der Waals surface area contributed by atoms with Crippen LogP contribution in [0.5, 0.6) is 0 Å². The largest absolute Gasteiger partial charge is 0.294 e. The first-order chi connectivity index (χ1) is 13.4. The Morgan fingerprint density at radius 2 is 1.86 bits per heavy atom. The molecule has 0 aliphatic carbocycles. The Labute approximate surface area is 165 Å². The second-order valence-electron chi connectivity index (χ2n) is 8.41. The average molecular weight is 376 g/mol. The van der Waals surface area contributed by atoms with E-state index < -0.39 is 0 Å². The molecule has 0 saturated heterocycles. The lowest BCUT2D eigenvalue weighted by molar-refractivity contribution is 0.242. The molecular formula is C23H25FN4. The number of aromatic nitrogens is 3. The maximum Gasteiger partial charge on any atom is 0.133 e. The van der Waals surface area contributed by atoms with Crippen LogP contribution >= 0.6 is 0 Å². The first-order valence-corrected chi connectivity index (χ1v) is 9.67.